The molecule has 412 valence electrons. The van der Waals surface area contributed by atoms with Crippen LogP contribution in [0.15, 0.2) is 60.9 Å². The number of amides is 8. The summed E-state index contributed by atoms with van der Waals surface area (Å²) < 4.78 is 24.4. The number of hydrogen-bond acceptors (Lipinski definition) is 16. The van der Waals surface area contributed by atoms with Crippen LogP contribution in [0.2, 0.25) is 0 Å². The van der Waals surface area contributed by atoms with Gasteiger partial charge in [-0.1, -0.05) is 74.9 Å². The van der Waals surface area contributed by atoms with Crippen molar-refractivity contribution >= 4 is 47.3 Å². The van der Waals surface area contributed by atoms with Crippen LogP contribution in [-0.4, -0.2) is 155 Å². The van der Waals surface area contributed by atoms with Crippen LogP contribution in [0, 0.1) is 0 Å². The molecule has 1 aliphatic rings. The Morgan fingerprint density at radius 3 is 1.25 bits per heavy atom. The molecule has 0 fully saturated rings. The summed E-state index contributed by atoms with van der Waals surface area (Å²) in [7, 11) is 2.75. The van der Waals surface area contributed by atoms with Gasteiger partial charge in [0, 0.05) is 49.6 Å². The fourth-order valence-electron chi connectivity index (χ4n) is 7.55. The topological polar surface area (TPSA) is 331 Å². The number of hydrogen-bond donors (Lipinski definition) is 8. The average molecular weight is 1060 g/mol. The normalized spacial score (nSPS) is 18.3. The smallest absolute Gasteiger partial charge is 0.252 e. The van der Waals surface area contributed by atoms with Gasteiger partial charge in [0.25, 0.3) is 23.6 Å². The van der Waals surface area contributed by atoms with E-state index in [1.165, 1.54) is 84.5 Å². The van der Waals surface area contributed by atoms with Crippen LogP contribution >= 0.6 is 0 Å². The SMILES string of the molecule is CCCCCCNC(=O)[C@@H]1COCc2cn(nn2)C[C@@H](C(=O)NCOC)NC(=O)c2cccc(c2)C(=O)N[C@H](C(=O)NCOC)Cn2cc(nn2)COC[C@@H](C(=O)NCCCCCC)NC(=O)c2cccc(c2)C(=O)N1. The number of nitrogens with one attached hydrogen (secondary N) is 8. The lowest BCUT2D eigenvalue weighted by atomic mass is 10.1. The van der Waals surface area contributed by atoms with E-state index in [0.29, 0.717) is 13.1 Å². The van der Waals surface area contributed by atoms with Crippen molar-refractivity contribution in [2.24, 2.45) is 0 Å². The van der Waals surface area contributed by atoms with Gasteiger partial charge >= 0.3 is 0 Å². The molecule has 26 heteroatoms. The van der Waals surface area contributed by atoms with E-state index < -0.39 is 71.4 Å². The Kier molecular flexibility index (Phi) is 24.9. The molecule has 8 N–H and O–H groups in total. The Balaban J connectivity index is 1.45. The largest absolute Gasteiger partial charge is 0.372 e. The quantitative estimate of drug-likeness (QED) is 0.0489. The van der Waals surface area contributed by atoms with Crippen molar-refractivity contribution in [3.8, 4) is 0 Å². The summed E-state index contributed by atoms with van der Waals surface area (Å²) in [4.78, 5) is 109. The number of fused-ring (bicyclic) bond motifs is 8. The van der Waals surface area contributed by atoms with Crippen molar-refractivity contribution in [1.82, 2.24) is 72.5 Å². The van der Waals surface area contributed by atoms with Crippen molar-refractivity contribution in [3.05, 3.63) is 94.6 Å². The number of carbonyl (C=O) groups excluding carboxylic acids is 8. The first kappa shape index (κ1) is 59.2. The number of methoxy groups -OCH3 is 2. The molecule has 2 aromatic carbocycles. The second kappa shape index (κ2) is 31.9. The molecule has 0 saturated carbocycles. The molecule has 0 saturated heterocycles. The van der Waals surface area contributed by atoms with E-state index in [2.05, 4.69) is 77.0 Å². The zero-order valence-corrected chi connectivity index (χ0v) is 43.4. The van der Waals surface area contributed by atoms with E-state index in [9.17, 15) is 38.4 Å². The molecule has 8 amide bonds. The molecule has 0 spiro atoms. The highest BCUT2D eigenvalue weighted by Crippen LogP contribution is 2.11. The number of rotatable bonds is 18. The predicted molar refractivity (Wildman–Crippen MR) is 272 cm³/mol. The molecule has 4 atom stereocenters. The fraction of sp³-hybridized carbons (Fsp3) is 0.520. The minimum Gasteiger partial charge on any atom is -0.372 e. The molecule has 26 nitrogen and oxygen atoms in total. The molecule has 3 heterocycles. The monoisotopic (exact) mass is 1060 g/mol. The third-order valence-corrected chi connectivity index (χ3v) is 11.7. The van der Waals surface area contributed by atoms with Gasteiger partial charge in [0.05, 0.1) is 51.9 Å². The van der Waals surface area contributed by atoms with Crippen molar-refractivity contribution < 1.29 is 57.3 Å². The van der Waals surface area contributed by atoms with Crippen molar-refractivity contribution in [2.45, 2.75) is 116 Å². The van der Waals surface area contributed by atoms with E-state index >= 15 is 0 Å². The number of benzene rings is 2. The van der Waals surface area contributed by atoms with Gasteiger partial charge in [-0.25, -0.2) is 9.36 Å². The summed E-state index contributed by atoms with van der Waals surface area (Å²) in [6.45, 7) is 3.11. The van der Waals surface area contributed by atoms with Gasteiger partial charge in [-0.05, 0) is 49.2 Å². The lowest BCUT2D eigenvalue weighted by molar-refractivity contribution is -0.125. The molecule has 5 rings (SSSR count). The highest BCUT2D eigenvalue weighted by atomic mass is 16.5. The van der Waals surface area contributed by atoms with Gasteiger partial charge in [-0.15, -0.1) is 10.2 Å². The lowest BCUT2D eigenvalue weighted by Gasteiger charge is -2.20. The molecule has 0 radical (unpaired) electrons. The van der Waals surface area contributed by atoms with E-state index in [-0.39, 0.29) is 86.6 Å². The number of ether oxygens (including phenoxy) is 4. The van der Waals surface area contributed by atoms with E-state index in [4.69, 9.17) is 18.9 Å². The highest BCUT2D eigenvalue weighted by Gasteiger charge is 2.28. The fourth-order valence-corrected chi connectivity index (χ4v) is 7.55. The van der Waals surface area contributed by atoms with Crippen molar-refractivity contribution in [2.75, 3.05) is 54.0 Å². The van der Waals surface area contributed by atoms with Crippen molar-refractivity contribution in [1.29, 1.82) is 0 Å². The summed E-state index contributed by atoms with van der Waals surface area (Å²) in [6, 6.07) is 6.51. The number of nitrogens with zero attached hydrogens (tertiary/aromatic N) is 6. The van der Waals surface area contributed by atoms with Crippen LogP contribution in [0.25, 0.3) is 0 Å². The van der Waals surface area contributed by atoms with Crippen LogP contribution < -0.4 is 42.5 Å². The third kappa shape index (κ3) is 19.5. The lowest BCUT2D eigenvalue weighted by Crippen LogP contribution is -2.50. The zero-order chi connectivity index (χ0) is 54.7. The maximum Gasteiger partial charge on any atom is 0.252 e. The first-order valence-corrected chi connectivity index (χ1v) is 25.3. The van der Waals surface area contributed by atoms with Gasteiger partial charge in [-0.3, -0.25) is 38.4 Å². The van der Waals surface area contributed by atoms with Crippen LogP contribution in [0.4, 0.5) is 0 Å². The Labute approximate surface area is 440 Å². The summed E-state index contributed by atoms with van der Waals surface area (Å²) >= 11 is 0. The number of unbranched alkanes of at least 4 members (excludes halogenated alkanes) is 6. The number of aromatic nitrogens is 6. The van der Waals surface area contributed by atoms with Crippen LogP contribution in [0.1, 0.15) is 118 Å². The molecule has 76 heavy (non-hydrogen) atoms. The zero-order valence-electron chi connectivity index (χ0n) is 43.4. The van der Waals surface area contributed by atoms with Crippen LogP contribution in [-0.2, 0) is 64.4 Å². The Morgan fingerprint density at radius 2 is 0.895 bits per heavy atom. The third-order valence-electron chi connectivity index (χ3n) is 11.7. The van der Waals surface area contributed by atoms with E-state index in [1.54, 1.807) is 0 Å². The minimum atomic E-state index is -1.24. The van der Waals surface area contributed by atoms with Gasteiger partial charge in [0.1, 0.15) is 49.0 Å². The second-order valence-electron chi connectivity index (χ2n) is 17.8. The van der Waals surface area contributed by atoms with Gasteiger partial charge in [0.15, 0.2) is 0 Å². The van der Waals surface area contributed by atoms with Crippen LogP contribution in [0.5, 0.6) is 0 Å². The minimum absolute atomic E-state index is 0.00256. The van der Waals surface area contributed by atoms with Gasteiger partial charge in [0.2, 0.25) is 23.6 Å². The Hall–Kier alpha value is -7.68. The molecular formula is C50H70N14O12. The summed E-state index contributed by atoms with van der Waals surface area (Å²) in [5.74, 6) is -5.10. The second-order valence-corrected chi connectivity index (χ2v) is 17.8. The Morgan fingerprint density at radius 1 is 0.539 bits per heavy atom. The van der Waals surface area contributed by atoms with Crippen molar-refractivity contribution in [3.63, 3.8) is 0 Å². The summed E-state index contributed by atoms with van der Waals surface area (Å²) in [5, 5.41) is 38.1. The van der Waals surface area contributed by atoms with E-state index in [0.717, 1.165) is 51.4 Å². The molecular weight excluding hydrogens is 989 g/mol. The van der Waals surface area contributed by atoms with Gasteiger partial charge in [-0.2, -0.15) is 0 Å². The predicted octanol–water partition coefficient (Wildman–Crippen LogP) is 0.244. The highest BCUT2D eigenvalue weighted by molar-refractivity contribution is 6.03. The maximum atomic E-state index is 13.8. The average Bonchev–Trinajstić information content (AvgIpc) is 4.08. The molecule has 0 unspecified atom stereocenters. The molecule has 8 bridgehead atoms. The first-order valence-electron chi connectivity index (χ1n) is 25.3. The Bertz CT molecular complexity index is 2390. The van der Waals surface area contributed by atoms with Crippen LogP contribution in [0.3, 0.4) is 0 Å². The molecule has 4 aromatic rings. The molecule has 2 aromatic heterocycles. The maximum absolute atomic E-state index is 13.8. The van der Waals surface area contributed by atoms with Gasteiger partial charge < -0.3 is 61.5 Å². The standard InChI is InChI=1S/C50H70N14O12/c1-5-7-9-11-19-51-49(71)41-29-75-27-37-23-63(61-59-37)25-39(47(69)53-31-73-3)55-43(65)33-15-13-16-34(21-33)44(66)56-40(48(70)54-32-74-4)26-64-24-38(60-62-64)28-76-30-42(50(72)52-20-12-10-8-6-2)58-46(68)36-18-14-17-35(22-36)45(67)57-41/h13-18,21-24,39-42H,5-12,19-20,25-32H2,1-4H3,(H,51,71)(H,52,72)(H,53,69)(H,54,70)(H,55,65)(H,56,66)(H,57,67)(H,58,68)/t39-,40-,41-,42-/m0/s1. The molecule has 1 aliphatic heterocycles. The first-order chi connectivity index (χ1) is 36.8. The van der Waals surface area contributed by atoms with E-state index in [1.807, 2.05) is 0 Å². The summed E-state index contributed by atoms with van der Waals surface area (Å²) in [5.41, 5.74) is 0.651. The number of carbonyl (C=O) groups is 8. The molecule has 0 aliphatic carbocycles. The summed E-state index contributed by atoms with van der Waals surface area (Å²) in [6.07, 6.45) is 10.2.